The molecule has 0 aliphatic carbocycles. The predicted molar refractivity (Wildman–Crippen MR) is 122 cm³/mol. The minimum atomic E-state index is -0.423. The third kappa shape index (κ3) is 3.44. The van der Waals surface area contributed by atoms with Gasteiger partial charge in [-0.1, -0.05) is 12.1 Å². The maximum absolute atomic E-state index is 13.4. The Bertz CT molecular complexity index is 1400. The van der Waals surface area contributed by atoms with Gasteiger partial charge in [-0.2, -0.15) is 0 Å². The summed E-state index contributed by atoms with van der Waals surface area (Å²) in [6.07, 6.45) is 4.05. The molecule has 0 unspecified atom stereocenters. The fourth-order valence-corrected chi connectivity index (χ4v) is 4.85. The molecule has 0 aromatic carbocycles. The lowest BCUT2D eigenvalue weighted by molar-refractivity contribution is -0.128. The lowest BCUT2D eigenvalue weighted by atomic mass is 10.1. The number of hydrogen-bond donors (Lipinski definition) is 0. The summed E-state index contributed by atoms with van der Waals surface area (Å²) in [5, 5.41) is 8.75. The van der Waals surface area contributed by atoms with Gasteiger partial charge in [0.15, 0.2) is 0 Å². The van der Waals surface area contributed by atoms with Crippen molar-refractivity contribution in [2.75, 3.05) is 19.6 Å². The highest BCUT2D eigenvalue weighted by Gasteiger charge is 2.35. The van der Waals surface area contributed by atoms with Crippen molar-refractivity contribution in [2.45, 2.75) is 45.3 Å². The molecule has 5 heterocycles. The molecule has 3 aromatic rings. The standard InChI is InChI=1S/C22H28N8O4/c1-4-7-29-17(9-16-19(29)25(2)22(34)26(3)20(16)32)21(33)28-12-15(13-28)30-11-14(23-24-30)10-27-8-5-6-18(27)31/h9,11,15H,4-8,10,12-13H2,1-3H3. The smallest absolute Gasteiger partial charge is 0.332 e. The van der Waals surface area contributed by atoms with E-state index >= 15 is 0 Å². The molecular weight excluding hydrogens is 440 g/mol. The summed E-state index contributed by atoms with van der Waals surface area (Å²) in [4.78, 5) is 53.8. The second-order valence-corrected chi connectivity index (χ2v) is 9.10. The zero-order chi connectivity index (χ0) is 24.1. The average Bonchev–Trinajstić information content (AvgIpc) is 3.50. The van der Waals surface area contributed by atoms with E-state index in [0.29, 0.717) is 49.3 Å². The number of likely N-dealkylation sites (tertiary alicyclic amines) is 2. The van der Waals surface area contributed by atoms with Crippen molar-refractivity contribution in [1.29, 1.82) is 0 Å². The highest BCUT2D eigenvalue weighted by molar-refractivity contribution is 5.98. The van der Waals surface area contributed by atoms with Gasteiger partial charge in [-0.3, -0.25) is 23.5 Å². The average molecular weight is 469 g/mol. The molecule has 0 N–H and O–H groups in total. The number of nitrogens with zero attached hydrogens (tertiary/aromatic N) is 8. The van der Waals surface area contributed by atoms with E-state index in [-0.39, 0.29) is 17.9 Å². The molecule has 2 saturated heterocycles. The molecule has 0 radical (unpaired) electrons. The Morgan fingerprint density at radius 2 is 1.91 bits per heavy atom. The van der Waals surface area contributed by atoms with Crippen LogP contribution >= 0.6 is 0 Å². The highest BCUT2D eigenvalue weighted by atomic mass is 16.2. The zero-order valence-corrected chi connectivity index (χ0v) is 19.6. The number of aryl methyl sites for hydroxylation is 2. The lowest BCUT2D eigenvalue weighted by Gasteiger charge is -2.38. The van der Waals surface area contributed by atoms with Gasteiger partial charge >= 0.3 is 5.69 Å². The van der Waals surface area contributed by atoms with Crippen LogP contribution in [0.3, 0.4) is 0 Å². The van der Waals surface area contributed by atoms with Crippen molar-refractivity contribution in [3.8, 4) is 0 Å². The normalized spacial score (nSPS) is 16.6. The first kappa shape index (κ1) is 22.1. The minimum Gasteiger partial charge on any atom is -0.337 e. The highest BCUT2D eigenvalue weighted by Crippen LogP contribution is 2.25. The fraction of sp³-hybridized carbons (Fsp3) is 0.545. The molecule has 12 heteroatoms. The summed E-state index contributed by atoms with van der Waals surface area (Å²) in [7, 11) is 3.05. The van der Waals surface area contributed by atoms with Crippen molar-refractivity contribution in [3.05, 3.63) is 44.5 Å². The van der Waals surface area contributed by atoms with Crippen LogP contribution < -0.4 is 11.2 Å². The van der Waals surface area contributed by atoms with Gasteiger partial charge in [0.05, 0.1) is 24.2 Å². The van der Waals surface area contributed by atoms with Crippen molar-refractivity contribution in [2.24, 2.45) is 14.1 Å². The molecule has 0 bridgehead atoms. The molecular formula is C22H28N8O4. The Morgan fingerprint density at radius 1 is 1.15 bits per heavy atom. The van der Waals surface area contributed by atoms with Gasteiger partial charge in [0.2, 0.25) is 5.91 Å². The maximum atomic E-state index is 13.4. The molecule has 0 saturated carbocycles. The van der Waals surface area contributed by atoms with Crippen molar-refractivity contribution >= 4 is 22.8 Å². The topological polar surface area (TPSA) is 120 Å². The van der Waals surface area contributed by atoms with Gasteiger partial charge < -0.3 is 14.4 Å². The van der Waals surface area contributed by atoms with Gasteiger partial charge in [-0.25, -0.2) is 9.48 Å². The van der Waals surface area contributed by atoms with E-state index in [1.807, 2.05) is 13.1 Å². The Morgan fingerprint density at radius 3 is 2.59 bits per heavy atom. The van der Waals surface area contributed by atoms with Crippen LogP contribution in [0.5, 0.6) is 0 Å². The van der Waals surface area contributed by atoms with Crippen molar-refractivity contribution in [1.82, 2.24) is 38.5 Å². The second-order valence-electron chi connectivity index (χ2n) is 9.10. The number of carbonyl (C=O) groups excluding carboxylic acids is 2. The summed E-state index contributed by atoms with van der Waals surface area (Å²) < 4.78 is 6.00. The molecule has 3 aromatic heterocycles. The molecule has 0 spiro atoms. The zero-order valence-electron chi connectivity index (χ0n) is 19.6. The molecule has 180 valence electrons. The molecule has 2 aliphatic rings. The third-order valence-electron chi connectivity index (χ3n) is 6.77. The van der Waals surface area contributed by atoms with Crippen LogP contribution in [0.4, 0.5) is 0 Å². The first-order chi connectivity index (χ1) is 16.3. The van der Waals surface area contributed by atoms with Crippen molar-refractivity contribution in [3.63, 3.8) is 0 Å². The summed E-state index contributed by atoms with van der Waals surface area (Å²) in [5.41, 5.74) is 0.775. The fourth-order valence-electron chi connectivity index (χ4n) is 4.85. The number of rotatable bonds is 6. The van der Waals surface area contributed by atoms with Crippen LogP contribution in [0.15, 0.2) is 21.9 Å². The van der Waals surface area contributed by atoms with E-state index in [2.05, 4.69) is 10.3 Å². The van der Waals surface area contributed by atoms with Crippen LogP contribution in [0.25, 0.3) is 11.0 Å². The Balaban J connectivity index is 1.35. The van der Waals surface area contributed by atoms with Gasteiger partial charge in [0.1, 0.15) is 17.0 Å². The quantitative estimate of drug-likeness (QED) is 0.497. The first-order valence-electron chi connectivity index (χ1n) is 11.6. The van der Waals surface area contributed by atoms with Gasteiger partial charge in [-0.15, -0.1) is 5.10 Å². The Kier molecular flexibility index (Phi) is 5.37. The largest absolute Gasteiger partial charge is 0.337 e. The summed E-state index contributed by atoms with van der Waals surface area (Å²) >= 11 is 0. The van der Waals surface area contributed by atoms with Crippen LogP contribution in [-0.2, 0) is 32.0 Å². The number of amides is 2. The molecule has 2 amide bonds. The van der Waals surface area contributed by atoms with Crippen LogP contribution in [-0.4, -0.2) is 69.9 Å². The summed E-state index contributed by atoms with van der Waals surface area (Å²) in [6.45, 7) is 4.64. The van der Waals surface area contributed by atoms with Gasteiger partial charge in [0, 0.05) is 46.7 Å². The van der Waals surface area contributed by atoms with Crippen LogP contribution in [0, 0.1) is 0 Å². The molecule has 5 rings (SSSR count). The molecule has 2 aliphatic heterocycles. The van der Waals surface area contributed by atoms with Gasteiger partial charge in [-0.05, 0) is 18.9 Å². The van der Waals surface area contributed by atoms with E-state index in [1.54, 1.807) is 32.2 Å². The number of carbonyl (C=O) groups is 2. The minimum absolute atomic E-state index is 0.000656. The van der Waals surface area contributed by atoms with E-state index in [1.165, 1.54) is 11.6 Å². The first-order valence-corrected chi connectivity index (χ1v) is 11.6. The monoisotopic (exact) mass is 468 g/mol. The van der Waals surface area contributed by atoms with E-state index < -0.39 is 11.2 Å². The maximum Gasteiger partial charge on any atom is 0.332 e. The summed E-state index contributed by atoms with van der Waals surface area (Å²) in [5.74, 6) is -0.0387. The van der Waals surface area contributed by atoms with E-state index in [9.17, 15) is 19.2 Å². The number of hydrogen-bond acceptors (Lipinski definition) is 6. The Labute approximate surface area is 195 Å². The second kappa shape index (κ2) is 8.26. The number of fused-ring (bicyclic) bond motifs is 1. The molecule has 0 atom stereocenters. The predicted octanol–water partition coefficient (Wildman–Crippen LogP) is -0.140. The SMILES string of the molecule is CCCn1c(C(=O)N2CC(n3cc(CN4CCCC4=O)nn3)C2)cc2c(=O)n(C)c(=O)n(C)c21. The molecule has 12 nitrogen and oxygen atoms in total. The number of aromatic nitrogens is 6. The molecule has 34 heavy (non-hydrogen) atoms. The van der Waals surface area contributed by atoms with E-state index in [0.717, 1.165) is 29.6 Å². The van der Waals surface area contributed by atoms with Crippen LogP contribution in [0.1, 0.15) is 48.4 Å². The third-order valence-corrected chi connectivity index (χ3v) is 6.77. The van der Waals surface area contributed by atoms with Crippen LogP contribution in [0.2, 0.25) is 0 Å². The summed E-state index contributed by atoms with van der Waals surface area (Å²) in [6, 6.07) is 1.60. The van der Waals surface area contributed by atoms with Gasteiger partial charge in [0.25, 0.3) is 11.5 Å². The van der Waals surface area contributed by atoms with E-state index in [4.69, 9.17) is 0 Å². The van der Waals surface area contributed by atoms with Crippen molar-refractivity contribution < 1.29 is 9.59 Å². The molecule has 2 fully saturated rings. The lowest BCUT2D eigenvalue weighted by Crippen LogP contribution is -2.51. The Hall–Kier alpha value is -3.70.